The van der Waals surface area contributed by atoms with Crippen LogP contribution in [0.25, 0.3) is 15.3 Å². The number of nitrogens with zero attached hydrogens (tertiary/aromatic N) is 3. The number of aromatic nitrogens is 3. The topological polar surface area (TPSA) is 69.0 Å². The lowest BCUT2D eigenvalue weighted by Gasteiger charge is -2.24. The van der Waals surface area contributed by atoms with Crippen LogP contribution < -0.4 is 10.1 Å². The maximum atomic E-state index is 12.6. The summed E-state index contributed by atoms with van der Waals surface area (Å²) in [5, 5.41) is 8.55. The monoisotopic (exact) mass is 432 g/mol. The van der Waals surface area contributed by atoms with Crippen molar-refractivity contribution in [1.82, 2.24) is 14.8 Å². The third-order valence-corrected chi connectivity index (χ3v) is 6.44. The highest BCUT2D eigenvalue weighted by Crippen LogP contribution is 2.41. The Labute approximate surface area is 184 Å². The van der Waals surface area contributed by atoms with E-state index in [0.717, 1.165) is 43.7 Å². The van der Waals surface area contributed by atoms with Crippen molar-refractivity contribution < 1.29 is 9.53 Å². The molecule has 0 aliphatic carbocycles. The molecule has 1 N–H and O–H groups in total. The molecular formula is C24H24N4O2S. The molecule has 1 atom stereocenters. The molecule has 0 saturated heterocycles. The summed E-state index contributed by atoms with van der Waals surface area (Å²) in [6, 6.07) is 16.1. The first-order chi connectivity index (χ1) is 15.0. The SMILES string of the molecule is Cc1nn(-c2nc3ccccc3s2)c2c1[C@@H](c1ccc(OCC(C)C)cc1)CC(=O)N2. The molecule has 7 heteroatoms. The van der Waals surface area contributed by atoms with Crippen LogP contribution in [0.2, 0.25) is 0 Å². The van der Waals surface area contributed by atoms with Gasteiger partial charge in [-0.2, -0.15) is 9.78 Å². The minimum Gasteiger partial charge on any atom is -0.493 e. The van der Waals surface area contributed by atoms with E-state index in [1.807, 2.05) is 43.3 Å². The van der Waals surface area contributed by atoms with Crippen LogP contribution in [-0.4, -0.2) is 27.3 Å². The highest BCUT2D eigenvalue weighted by molar-refractivity contribution is 7.20. The first-order valence-corrected chi connectivity index (χ1v) is 11.3. The number of aryl methyl sites for hydroxylation is 1. The zero-order chi connectivity index (χ0) is 21.5. The fraction of sp³-hybridized carbons (Fsp3) is 0.292. The molecule has 158 valence electrons. The van der Waals surface area contributed by atoms with Crippen LogP contribution in [0, 0.1) is 12.8 Å². The summed E-state index contributed by atoms with van der Waals surface area (Å²) >= 11 is 1.57. The number of amides is 1. The predicted molar refractivity (Wildman–Crippen MR) is 123 cm³/mol. The van der Waals surface area contributed by atoms with Gasteiger partial charge in [-0.05, 0) is 42.7 Å². The quantitative estimate of drug-likeness (QED) is 0.465. The molecule has 1 aliphatic heterocycles. The summed E-state index contributed by atoms with van der Waals surface area (Å²) in [5.74, 6) is 1.98. The molecule has 1 aliphatic rings. The van der Waals surface area contributed by atoms with Crippen molar-refractivity contribution in [2.24, 2.45) is 5.92 Å². The number of carbonyl (C=O) groups excluding carboxylic acids is 1. The van der Waals surface area contributed by atoms with E-state index in [-0.39, 0.29) is 11.8 Å². The zero-order valence-electron chi connectivity index (χ0n) is 17.8. The van der Waals surface area contributed by atoms with Gasteiger partial charge in [0.25, 0.3) is 0 Å². The number of carbonyl (C=O) groups is 1. The second-order valence-electron chi connectivity index (χ2n) is 8.30. The Balaban J connectivity index is 1.53. The van der Waals surface area contributed by atoms with Gasteiger partial charge in [0.2, 0.25) is 11.0 Å². The van der Waals surface area contributed by atoms with Crippen LogP contribution in [0.5, 0.6) is 5.75 Å². The summed E-state index contributed by atoms with van der Waals surface area (Å²) in [6.45, 7) is 6.93. The number of ether oxygens (including phenoxy) is 1. The number of hydrogen-bond acceptors (Lipinski definition) is 5. The molecule has 0 unspecified atom stereocenters. The Bertz CT molecular complexity index is 1220. The van der Waals surface area contributed by atoms with Gasteiger partial charge < -0.3 is 10.1 Å². The number of thiazole rings is 1. The van der Waals surface area contributed by atoms with Gasteiger partial charge in [-0.25, -0.2) is 4.98 Å². The van der Waals surface area contributed by atoms with Gasteiger partial charge in [0, 0.05) is 17.9 Å². The lowest BCUT2D eigenvalue weighted by molar-refractivity contribution is -0.116. The van der Waals surface area contributed by atoms with Crippen molar-refractivity contribution in [3.63, 3.8) is 0 Å². The maximum Gasteiger partial charge on any atom is 0.226 e. The molecule has 2 aromatic heterocycles. The summed E-state index contributed by atoms with van der Waals surface area (Å²) in [5.41, 5.74) is 3.97. The number of nitrogens with one attached hydrogen (secondary N) is 1. The minimum absolute atomic E-state index is 0.0140. The molecular weight excluding hydrogens is 408 g/mol. The van der Waals surface area contributed by atoms with Gasteiger partial charge in [-0.15, -0.1) is 0 Å². The van der Waals surface area contributed by atoms with Gasteiger partial charge in [-0.3, -0.25) is 4.79 Å². The second kappa shape index (κ2) is 7.81. The van der Waals surface area contributed by atoms with E-state index in [4.69, 9.17) is 14.8 Å². The highest BCUT2D eigenvalue weighted by atomic mass is 32.1. The average Bonchev–Trinajstić information content (AvgIpc) is 3.33. The molecule has 2 aromatic carbocycles. The Morgan fingerprint density at radius 3 is 2.71 bits per heavy atom. The summed E-state index contributed by atoms with van der Waals surface area (Å²) in [7, 11) is 0. The molecule has 0 radical (unpaired) electrons. The molecule has 0 fully saturated rings. The molecule has 3 heterocycles. The molecule has 6 nitrogen and oxygen atoms in total. The first-order valence-electron chi connectivity index (χ1n) is 10.5. The molecule has 31 heavy (non-hydrogen) atoms. The minimum atomic E-state index is -0.0500. The largest absolute Gasteiger partial charge is 0.493 e. The third-order valence-electron chi connectivity index (χ3n) is 5.43. The maximum absolute atomic E-state index is 12.6. The number of hydrogen-bond donors (Lipinski definition) is 1. The van der Waals surface area contributed by atoms with E-state index in [1.54, 1.807) is 16.0 Å². The predicted octanol–water partition coefficient (Wildman–Crippen LogP) is 5.30. The van der Waals surface area contributed by atoms with Crippen molar-refractivity contribution in [3.8, 4) is 10.9 Å². The van der Waals surface area contributed by atoms with Gasteiger partial charge in [0.05, 0.1) is 22.5 Å². The third kappa shape index (κ3) is 3.70. The number of rotatable bonds is 5. The van der Waals surface area contributed by atoms with E-state index in [2.05, 4.69) is 31.3 Å². The average molecular weight is 433 g/mol. The number of anilines is 1. The summed E-state index contributed by atoms with van der Waals surface area (Å²) in [4.78, 5) is 17.3. The molecule has 1 amide bonds. The Kier molecular flexibility index (Phi) is 4.98. The van der Waals surface area contributed by atoms with Crippen molar-refractivity contribution >= 4 is 33.3 Å². The van der Waals surface area contributed by atoms with Crippen LogP contribution in [0.4, 0.5) is 5.82 Å². The molecule has 5 rings (SSSR count). The van der Waals surface area contributed by atoms with E-state index in [0.29, 0.717) is 18.9 Å². The van der Waals surface area contributed by atoms with E-state index in [9.17, 15) is 4.79 Å². The van der Waals surface area contributed by atoms with E-state index < -0.39 is 0 Å². The lowest BCUT2D eigenvalue weighted by atomic mass is 9.86. The molecule has 0 spiro atoms. The van der Waals surface area contributed by atoms with Gasteiger partial charge >= 0.3 is 0 Å². The normalized spacial score (nSPS) is 15.9. The van der Waals surface area contributed by atoms with E-state index >= 15 is 0 Å². The summed E-state index contributed by atoms with van der Waals surface area (Å²) in [6.07, 6.45) is 0.394. The molecule has 0 bridgehead atoms. The van der Waals surface area contributed by atoms with Crippen LogP contribution in [-0.2, 0) is 4.79 Å². The summed E-state index contributed by atoms with van der Waals surface area (Å²) < 4.78 is 8.68. The Morgan fingerprint density at radius 2 is 1.97 bits per heavy atom. The van der Waals surface area contributed by atoms with Crippen molar-refractivity contribution in [2.45, 2.75) is 33.1 Å². The van der Waals surface area contributed by atoms with Crippen LogP contribution >= 0.6 is 11.3 Å². The molecule has 0 saturated carbocycles. The van der Waals surface area contributed by atoms with Crippen LogP contribution in [0.15, 0.2) is 48.5 Å². The Morgan fingerprint density at radius 1 is 1.19 bits per heavy atom. The zero-order valence-corrected chi connectivity index (χ0v) is 18.6. The second-order valence-corrected chi connectivity index (χ2v) is 9.31. The highest BCUT2D eigenvalue weighted by Gasteiger charge is 2.33. The van der Waals surface area contributed by atoms with Crippen LogP contribution in [0.3, 0.4) is 0 Å². The standard InChI is InChI=1S/C24H24N4O2S/c1-14(2)13-30-17-10-8-16(9-11-17)18-12-21(29)26-23-22(18)15(3)27-28(23)24-25-19-6-4-5-7-20(19)31-24/h4-11,14,18H,12-13H2,1-3H3,(H,26,29)/t18-/m1/s1. The van der Waals surface area contributed by atoms with Crippen molar-refractivity contribution in [1.29, 1.82) is 0 Å². The van der Waals surface area contributed by atoms with Gasteiger partial charge in [-0.1, -0.05) is 49.4 Å². The smallest absolute Gasteiger partial charge is 0.226 e. The lowest BCUT2D eigenvalue weighted by Crippen LogP contribution is -2.24. The van der Waals surface area contributed by atoms with Crippen LogP contribution in [0.1, 0.15) is 43.0 Å². The van der Waals surface area contributed by atoms with Gasteiger partial charge in [0.1, 0.15) is 11.6 Å². The van der Waals surface area contributed by atoms with Crippen molar-refractivity contribution in [3.05, 3.63) is 65.4 Å². The molecule has 4 aromatic rings. The number of benzene rings is 2. The fourth-order valence-electron chi connectivity index (χ4n) is 3.98. The number of fused-ring (bicyclic) bond motifs is 2. The van der Waals surface area contributed by atoms with Crippen molar-refractivity contribution in [2.75, 3.05) is 11.9 Å². The Hall–Kier alpha value is -3.19. The number of para-hydroxylation sites is 1. The van der Waals surface area contributed by atoms with E-state index in [1.165, 1.54) is 0 Å². The van der Waals surface area contributed by atoms with Gasteiger partial charge in [0.15, 0.2) is 0 Å². The fourth-order valence-corrected chi connectivity index (χ4v) is 4.90. The first kappa shape index (κ1) is 19.8.